The van der Waals surface area contributed by atoms with Gasteiger partial charge in [-0.05, 0) is 30.5 Å². The molecule has 1 unspecified atom stereocenters. The molecule has 1 heterocycles. The zero-order valence-corrected chi connectivity index (χ0v) is 10.4. The van der Waals surface area contributed by atoms with E-state index in [4.69, 9.17) is 14.3 Å². The van der Waals surface area contributed by atoms with Gasteiger partial charge in [0, 0.05) is 12.5 Å². The average Bonchev–Trinajstić information content (AvgIpc) is 2.93. The number of aromatic nitrogens is 1. The van der Waals surface area contributed by atoms with Gasteiger partial charge in [0.05, 0.1) is 12.8 Å². The van der Waals surface area contributed by atoms with Crippen LogP contribution in [0.15, 0.2) is 41.3 Å². The minimum absolute atomic E-state index is 0.147. The Balaban J connectivity index is 2.08. The molecule has 0 spiro atoms. The summed E-state index contributed by atoms with van der Waals surface area (Å²) in [7, 11) is 1.65. The maximum Gasteiger partial charge on any atom is 0.180 e. The number of ether oxygens (including phenoxy) is 1. The van der Waals surface area contributed by atoms with Gasteiger partial charge in [0.25, 0.3) is 0 Å². The molecule has 1 atom stereocenters. The maximum atomic E-state index is 9.12. The van der Waals surface area contributed by atoms with Gasteiger partial charge in [-0.1, -0.05) is 12.1 Å². The number of benzene rings is 1. The van der Waals surface area contributed by atoms with Crippen LogP contribution in [0.5, 0.6) is 5.75 Å². The lowest BCUT2D eigenvalue weighted by molar-refractivity contribution is 0.274. The third kappa shape index (κ3) is 3.11. The fraction of sp³-hybridized carbons (Fsp3) is 0.357. The molecule has 0 amide bonds. The van der Waals surface area contributed by atoms with Crippen molar-refractivity contribution >= 4 is 0 Å². The standard InChI is InChI=1S/C14H17NO3/c1-17-13-4-2-11(3-5-13)8-12(6-7-16)14-9-18-10-15-14/h2-5,9-10,12,16H,6-8H2,1H3. The Bertz CT molecular complexity index is 450. The second-order valence-corrected chi connectivity index (χ2v) is 4.17. The number of hydrogen-bond acceptors (Lipinski definition) is 4. The highest BCUT2D eigenvalue weighted by atomic mass is 16.5. The molecule has 0 bridgehead atoms. The summed E-state index contributed by atoms with van der Waals surface area (Å²) >= 11 is 0. The molecular weight excluding hydrogens is 230 g/mol. The molecule has 18 heavy (non-hydrogen) atoms. The second kappa shape index (κ2) is 6.21. The Morgan fingerprint density at radius 3 is 2.67 bits per heavy atom. The number of rotatable bonds is 6. The van der Waals surface area contributed by atoms with Crippen LogP contribution in [0.2, 0.25) is 0 Å². The van der Waals surface area contributed by atoms with Crippen molar-refractivity contribution in [3.63, 3.8) is 0 Å². The number of oxazole rings is 1. The van der Waals surface area contributed by atoms with Crippen LogP contribution in [-0.2, 0) is 6.42 Å². The fourth-order valence-corrected chi connectivity index (χ4v) is 1.98. The molecule has 1 aromatic heterocycles. The molecule has 1 aromatic carbocycles. The number of nitrogens with zero attached hydrogens (tertiary/aromatic N) is 1. The molecule has 4 heteroatoms. The Morgan fingerprint density at radius 1 is 1.33 bits per heavy atom. The molecule has 4 nitrogen and oxygen atoms in total. The first-order valence-corrected chi connectivity index (χ1v) is 5.95. The summed E-state index contributed by atoms with van der Waals surface area (Å²) < 4.78 is 10.1. The molecule has 0 aliphatic rings. The lowest BCUT2D eigenvalue weighted by Gasteiger charge is -2.13. The van der Waals surface area contributed by atoms with Crippen LogP contribution in [0.1, 0.15) is 23.6 Å². The molecule has 96 valence electrons. The Morgan fingerprint density at radius 2 is 2.11 bits per heavy atom. The zero-order chi connectivity index (χ0) is 12.8. The summed E-state index contributed by atoms with van der Waals surface area (Å²) in [6.45, 7) is 0.147. The summed E-state index contributed by atoms with van der Waals surface area (Å²) in [5, 5.41) is 9.12. The van der Waals surface area contributed by atoms with Gasteiger partial charge < -0.3 is 14.3 Å². The van der Waals surface area contributed by atoms with E-state index in [1.807, 2.05) is 24.3 Å². The number of aliphatic hydroxyl groups is 1. The Labute approximate surface area is 106 Å². The van der Waals surface area contributed by atoms with Crippen LogP contribution in [0.4, 0.5) is 0 Å². The van der Waals surface area contributed by atoms with Gasteiger partial charge in [-0.3, -0.25) is 0 Å². The van der Waals surface area contributed by atoms with E-state index in [1.165, 1.54) is 12.0 Å². The van der Waals surface area contributed by atoms with Gasteiger partial charge in [-0.2, -0.15) is 0 Å². The van der Waals surface area contributed by atoms with Gasteiger partial charge in [-0.15, -0.1) is 0 Å². The second-order valence-electron chi connectivity index (χ2n) is 4.17. The topological polar surface area (TPSA) is 55.5 Å². The van der Waals surface area contributed by atoms with E-state index in [0.29, 0.717) is 6.42 Å². The van der Waals surface area contributed by atoms with E-state index in [-0.39, 0.29) is 12.5 Å². The lowest BCUT2D eigenvalue weighted by Crippen LogP contribution is -2.06. The zero-order valence-electron chi connectivity index (χ0n) is 10.4. The smallest absolute Gasteiger partial charge is 0.180 e. The van der Waals surface area contributed by atoms with Crippen LogP contribution in [0, 0.1) is 0 Å². The molecule has 0 saturated heterocycles. The van der Waals surface area contributed by atoms with Crippen molar-refractivity contribution in [1.82, 2.24) is 4.98 Å². The molecule has 0 aliphatic heterocycles. The van der Waals surface area contributed by atoms with E-state index in [1.54, 1.807) is 13.4 Å². The Hall–Kier alpha value is -1.81. The summed E-state index contributed by atoms with van der Waals surface area (Å²) in [5.74, 6) is 1.03. The first-order chi connectivity index (χ1) is 8.83. The largest absolute Gasteiger partial charge is 0.497 e. The summed E-state index contributed by atoms with van der Waals surface area (Å²) in [6, 6.07) is 7.94. The van der Waals surface area contributed by atoms with Crippen molar-refractivity contribution in [3.8, 4) is 5.75 Å². The minimum atomic E-state index is 0.147. The normalized spacial score (nSPS) is 12.3. The summed E-state index contributed by atoms with van der Waals surface area (Å²) in [4.78, 5) is 4.16. The molecule has 0 saturated carbocycles. The molecule has 0 radical (unpaired) electrons. The fourth-order valence-electron chi connectivity index (χ4n) is 1.98. The van der Waals surface area contributed by atoms with Crippen LogP contribution in [0.3, 0.4) is 0 Å². The predicted octanol–water partition coefficient (Wildman–Crippen LogP) is 2.39. The predicted molar refractivity (Wildman–Crippen MR) is 67.6 cm³/mol. The highest BCUT2D eigenvalue weighted by molar-refractivity contribution is 5.28. The van der Waals surface area contributed by atoms with E-state index < -0.39 is 0 Å². The van der Waals surface area contributed by atoms with E-state index in [9.17, 15) is 0 Å². The van der Waals surface area contributed by atoms with Crippen molar-refractivity contribution in [2.45, 2.75) is 18.8 Å². The first kappa shape index (κ1) is 12.6. The van der Waals surface area contributed by atoms with Gasteiger partial charge in [0.15, 0.2) is 6.39 Å². The van der Waals surface area contributed by atoms with E-state index in [0.717, 1.165) is 17.9 Å². The van der Waals surface area contributed by atoms with Gasteiger partial charge in [0.1, 0.15) is 12.0 Å². The number of aliphatic hydroxyl groups excluding tert-OH is 1. The highest BCUT2D eigenvalue weighted by Crippen LogP contribution is 2.23. The van der Waals surface area contributed by atoms with Crippen molar-refractivity contribution in [2.75, 3.05) is 13.7 Å². The van der Waals surface area contributed by atoms with Crippen LogP contribution in [0.25, 0.3) is 0 Å². The van der Waals surface area contributed by atoms with Crippen LogP contribution in [-0.4, -0.2) is 23.8 Å². The molecule has 2 aromatic rings. The SMILES string of the molecule is COc1ccc(CC(CCO)c2cocn2)cc1. The van der Waals surface area contributed by atoms with Crippen LogP contribution < -0.4 is 4.74 Å². The van der Waals surface area contributed by atoms with Gasteiger partial charge >= 0.3 is 0 Å². The van der Waals surface area contributed by atoms with Crippen molar-refractivity contribution in [3.05, 3.63) is 48.2 Å². The molecule has 2 rings (SSSR count). The maximum absolute atomic E-state index is 9.12. The third-order valence-electron chi connectivity index (χ3n) is 2.99. The highest BCUT2D eigenvalue weighted by Gasteiger charge is 2.14. The molecular formula is C14H17NO3. The Kier molecular flexibility index (Phi) is 4.36. The summed E-state index contributed by atoms with van der Waals surface area (Å²) in [6.07, 6.45) is 4.58. The van der Waals surface area contributed by atoms with Crippen molar-refractivity contribution < 1.29 is 14.3 Å². The minimum Gasteiger partial charge on any atom is -0.497 e. The van der Waals surface area contributed by atoms with E-state index >= 15 is 0 Å². The third-order valence-corrected chi connectivity index (χ3v) is 2.99. The average molecular weight is 247 g/mol. The first-order valence-electron chi connectivity index (χ1n) is 5.95. The van der Waals surface area contributed by atoms with E-state index in [2.05, 4.69) is 4.98 Å². The number of hydrogen-bond donors (Lipinski definition) is 1. The molecule has 1 N–H and O–H groups in total. The monoisotopic (exact) mass is 247 g/mol. The number of methoxy groups -OCH3 is 1. The molecule has 0 fully saturated rings. The van der Waals surface area contributed by atoms with Crippen molar-refractivity contribution in [2.24, 2.45) is 0 Å². The van der Waals surface area contributed by atoms with Crippen LogP contribution >= 0.6 is 0 Å². The summed E-state index contributed by atoms with van der Waals surface area (Å²) in [5.41, 5.74) is 2.08. The van der Waals surface area contributed by atoms with Crippen molar-refractivity contribution in [1.29, 1.82) is 0 Å². The van der Waals surface area contributed by atoms with Gasteiger partial charge in [-0.25, -0.2) is 4.98 Å². The van der Waals surface area contributed by atoms with Gasteiger partial charge in [0.2, 0.25) is 0 Å². The quantitative estimate of drug-likeness (QED) is 0.851. The molecule has 0 aliphatic carbocycles. The lowest BCUT2D eigenvalue weighted by atomic mass is 9.94.